The molecule has 0 spiro atoms. The molecular weight excluding hydrogens is 352 g/mol. The number of ether oxygens (including phenoxy) is 2. The van der Waals surface area contributed by atoms with E-state index in [1.807, 2.05) is 0 Å². The monoisotopic (exact) mass is 368 g/mol. The summed E-state index contributed by atoms with van der Waals surface area (Å²) >= 11 is 3.46. The van der Waals surface area contributed by atoms with Gasteiger partial charge in [0.1, 0.15) is 0 Å². The number of allylic oxidation sites excluding steroid dienone is 1. The van der Waals surface area contributed by atoms with Crippen molar-refractivity contribution in [3.05, 3.63) is 33.4 Å². The van der Waals surface area contributed by atoms with Crippen molar-refractivity contribution in [2.75, 3.05) is 14.2 Å². The van der Waals surface area contributed by atoms with E-state index in [-0.39, 0.29) is 11.8 Å². The topological polar surface area (TPSA) is 76.7 Å². The van der Waals surface area contributed by atoms with Crippen LogP contribution in [0.1, 0.15) is 25.5 Å². The van der Waals surface area contributed by atoms with Crippen LogP contribution in [-0.2, 0) is 4.79 Å². The number of nitrogens with one attached hydrogen (secondary N) is 2. The minimum Gasteiger partial charge on any atom is -0.493 e. The largest absolute Gasteiger partial charge is 0.493 e. The zero-order valence-electron chi connectivity index (χ0n) is 12.7. The Hall–Kier alpha value is -2.02. The highest BCUT2D eigenvalue weighted by Gasteiger charge is 2.31. The molecule has 6 nitrogen and oxygen atoms in total. The van der Waals surface area contributed by atoms with Gasteiger partial charge in [0, 0.05) is 15.7 Å². The third-order valence-electron chi connectivity index (χ3n) is 3.46. The van der Waals surface area contributed by atoms with Gasteiger partial charge in [0.05, 0.1) is 20.3 Å². The van der Waals surface area contributed by atoms with Crippen LogP contribution in [-0.4, -0.2) is 26.0 Å². The Morgan fingerprint density at radius 2 is 1.82 bits per heavy atom. The average molecular weight is 369 g/mol. The third-order valence-corrected chi connectivity index (χ3v) is 4.15. The number of hydrogen-bond acceptors (Lipinski definition) is 4. The number of halogens is 1. The molecular formula is C15H17BrN2O4. The van der Waals surface area contributed by atoms with Gasteiger partial charge in [0.25, 0.3) is 0 Å². The van der Waals surface area contributed by atoms with Gasteiger partial charge in [-0.1, -0.05) is 15.9 Å². The molecule has 0 saturated carbocycles. The van der Waals surface area contributed by atoms with E-state index in [1.165, 1.54) is 14.0 Å². The molecule has 0 aliphatic carbocycles. The fraction of sp³-hybridized carbons (Fsp3) is 0.333. The number of Topliss-reactive ketones (excluding diaryl/α,β-unsaturated/α-hetero) is 1. The number of carbonyl (C=O) groups excluding carboxylic acids is 2. The quantitative estimate of drug-likeness (QED) is 0.856. The number of ketones is 1. The Labute approximate surface area is 137 Å². The lowest BCUT2D eigenvalue weighted by Gasteiger charge is -2.29. The number of rotatable bonds is 4. The van der Waals surface area contributed by atoms with E-state index in [2.05, 4.69) is 26.6 Å². The van der Waals surface area contributed by atoms with Gasteiger partial charge in [-0.2, -0.15) is 0 Å². The summed E-state index contributed by atoms with van der Waals surface area (Å²) in [6, 6.07) is 2.58. The van der Waals surface area contributed by atoms with Crippen molar-refractivity contribution in [1.82, 2.24) is 10.6 Å². The summed E-state index contributed by atoms with van der Waals surface area (Å²) in [5.41, 5.74) is 1.77. The zero-order valence-corrected chi connectivity index (χ0v) is 14.3. The predicted octanol–water partition coefficient (Wildman–Crippen LogP) is 2.68. The van der Waals surface area contributed by atoms with E-state index in [1.54, 1.807) is 26.2 Å². The van der Waals surface area contributed by atoms with E-state index in [9.17, 15) is 9.59 Å². The van der Waals surface area contributed by atoms with Gasteiger partial charge in [-0.15, -0.1) is 0 Å². The maximum Gasteiger partial charge on any atom is 0.319 e. The van der Waals surface area contributed by atoms with Gasteiger partial charge in [0.2, 0.25) is 0 Å². The van der Waals surface area contributed by atoms with Crippen LogP contribution in [0, 0.1) is 0 Å². The van der Waals surface area contributed by atoms with Crippen molar-refractivity contribution in [2.24, 2.45) is 0 Å². The van der Waals surface area contributed by atoms with Crippen molar-refractivity contribution in [2.45, 2.75) is 19.9 Å². The van der Waals surface area contributed by atoms with E-state index in [4.69, 9.17) is 9.47 Å². The molecule has 2 N–H and O–H groups in total. The van der Waals surface area contributed by atoms with Crippen molar-refractivity contribution in [3.63, 3.8) is 0 Å². The van der Waals surface area contributed by atoms with Gasteiger partial charge in [0.15, 0.2) is 17.3 Å². The molecule has 1 aromatic carbocycles. The van der Waals surface area contributed by atoms with Crippen molar-refractivity contribution in [1.29, 1.82) is 0 Å². The highest BCUT2D eigenvalue weighted by Crippen LogP contribution is 2.39. The van der Waals surface area contributed by atoms with Crippen LogP contribution in [0.5, 0.6) is 11.5 Å². The maximum absolute atomic E-state index is 12.0. The van der Waals surface area contributed by atoms with E-state index < -0.39 is 6.04 Å². The highest BCUT2D eigenvalue weighted by atomic mass is 79.9. The maximum atomic E-state index is 12.0. The van der Waals surface area contributed by atoms with Crippen LogP contribution in [0.15, 0.2) is 27.9 Å². The van der Waals surface area contributed by atoms with E-state index >= 15 is 0 Å². The fourth-order valence-corrected chi connectivity index (χ4v) is 3.04. The van der Waals surface area contributed by atoms with Crippen LogP contribution in [0.2, 0.25) is 0 Å². The van der Waals surface area contributed by atoms with Crippen LogP contribution >= 0.6 is 15.9 Å². The lowest BCUT2D eigenvalue weighted by atomic mass is 9.93. The smallest absolute Gasteiger partial charge is 0.319 e. The summed E-state index contributed by atoms with van der Waals surface area (Å²) in [6.07, 6.45) is 0. The first-order valence-electron chi connectivity index (χ1n) is 6.59. The molecule has 0 saturated heterocycles. The molecule has 2 amide bonds. The second-order valence-corrected chi connectivity index (χ2v) is 5.71. The Morgan fingerprint density at radius 1 is 1.23 bits per heavy atom. The first kappa shape index (κ1) is 16.4. The summed E-state index contributed by atoms with van der Waals surface area (Å²) in [7, 11) is 3.07. The van der Waals surface area contributed by atoms with Crippen molar-refractivity contribution >= 4 is 27.7 Å². The first-order valence-corrected chi connectivity index (χ1v) is 7.39. The van der Waals surface area contributed by atoms with Crippen molar-refractivity contribution in [3.8, 4) is 11.5 Å². The minimum atomic E-state index is -0.555. The zero-order chi connectivity index (χ0) is 16.4. The molecule has 1 atom stereocenters. The summed E-state index contributed by atoms with van der Waals surface area (Å²) in [5.74, 6) is 0.967. The molecule has 118 valence electrons. The van der Waals surface area contributed by atoms with Crippen LogP contribution in [0.25, 0.3) is 0 Å². The standard InChI is InChI=1S/C15H17BrN2O4/c1-7-13(8(2)19)14(18-15(20)17-7)9-5-11(21-3)12(22-4)6-10(9)16/h5-6,14H,1-4H3,(H2,17,18,20)/t14-/m0/s1. The lowest BCUT2D eigenvalue weighted by molar-refractivity contribution is -0.114. The third kappa shape index (κ3) is 2.94. The Bertz CT molecular complexity index is 670. The Morgan fingerprint density at radius 3 is 2.36 bits per heavy atom. The normalized spacial score (nSPS) is 17.7. The molecule has 1 aromatic rings. The molecule has 0 bridgehead atoms. The summed E-state index contributed by atoms with van der Waals surface area (Å²) in [4.78, 5) is 23.7. The molecule has 0 aromatic heterocycles. The van der Waals surface area contributed by atoms with Gasteiger partial charge in [-0.05, 0) is 31.5 Å². The van der Waals surface area contributed by atoms with Crippen LogP contribution < -0.4 is 20.1 Å². The van der Waals surface area contributed by atoms with E-state index in [0.29, 0.717) is 27.2 Å². The Balaban J connectivity index is 2.60. The van der Waals surface area contributed by atoms with Gasteiger partial charge >= 0.3 is 6.03 Å². The number of urea groups is 1. The minimum absolute atomic E-state index is 0.114. The number of methoxy groups -OCH3 is 2. The van der Waals surface area contributed by atoms with Gasteiger partial charge in [-0.3, -0.25) is 4.79 Å². The van der Waals surface area contributed by atoms with Crippen molar-refractivity contribution < 1.29 is 19.1 Å². The number of amides is 2. The molecule has 22 heavy (non-hydrogen) atoms. The molecule has 7 heteroatoms. The number of benzene rings is 1. The molecule has 0 fully saturated rings. The fourth-order valence-electron chi connectivity index (χ4n) is 2.49. The summed E-state index contributed by atoms with van der Waals surface area (Å²) in [5, 5.41) is 5.39. The Kier molecular flexibility index (Phi) is 4.75. The average Bonchev–Trinajstić information content (AvgIpc) is 2.45. The predicted molar refractivity (Wildman–Crippen MR) is 85.0 cm³/mol. The number of carbonyl (C=O) groups is 2. The summed E-state index contributed by atoms with van der Waals surface area (Å²) < 4.78 is 11.3. The molecule has 1 aliphatic heterocycles. The van der Waals surface area contributed by atoms with Crippen LogP contribution in [0.3, 0.4) is 0 Å². The molecule has 1 aliphatic rings. The summed E-state index contributed by atoms with van der Waals surface area (Å²) in [6.45, 7) is 3.18. The molecule has 2 rings (SSSR count). The van der Waals surface area contributed by atoms with Crippen LogP contribution in [0.4, 0.5) is 4.79 Å². The highest BCUT2D eigenvalue weighted by molar-refractivity contribution is 9.10. The molecule has 1 heterocycles. The van der Waals surface area contributed by atoms with E-state index in [0.717, 1.165) is 5.56 Å². The molecule has 0 unspecified atom stereocenters. The first-order chi connectivity index (χ1) is 10.4. The SMILES string of the molecule is COc1cc(Br)c([C@@H]2NC(=O)NC(C)=C2C(C)=O)cc1OC. The van der Waals surface area contributed by atoms with Gasteiger partial charge < -0.3 is 20.1 Å². The lowest BCUT2D eigenvalue weighted by Crippen LogP contribution is -2.44. The molecule has 0 radical (unpaired) electrons. The van der Waals surface area contributed by atoms with Gasteiger partial charge in [-0.25, -0.2) is 4.79 Å². The second-order valence-electron chi connectivity index (χ2n) is 4.86. The second kappa shape index (κ2) is 6.39. The number of hydrogen-bond donors (Lipinski definition) is 2.